The van der Waals surface area contributed by atoms with Crippen LogP contribution >= 0.6 is 15.9 Å². The van der Waals surface area contributed by atoms with Crippen molar-refractivity contribution in [3.05, 3.63) is 28.2 Å². The molecule has 1 aliphatic rings. The number of rotatable bonds is 4. The number of amides is 1. The number of carbonyl (C=O) groups is 1. The zero-order chi connectivity index (χ0) is 15.6. The second-order valence-electron chi connectivity index (χ2n) is 5.61. The molecular formula is C15H21BrN2O3. The summed E-state index contributed by atoms with van der Waals surface area (Å²) in [4.78, 5) is 16.6. The van der Waals surface area contributed by atoms with Crippen molar-refractivity contribution in [2.45, 2.75) is 18.6 Å². The molecule has 2 rings (SSSR count). The van der Waals surface area contributed by atoms with Gasteiger partial charge in [0.25, 0.3) is 5.91 Å². The number of aliphatic hydroxyl groups is 1. The van der Waals surface area contributed by atoms with E-state index in [0.717, 1.165) is 11.0 Å². The molecule has 0 spiro atoms. The van der Waals surface area contributed by atoms with Gasteiger partial charge in [0.1, 0.15) is 5.75 Å². The molecule has 0 radical (unpaired) electrons. The number of hydrogen-bond donors (Lipinski definition) is 1. The first-order valence-electron chi connectivity index (χ1n) is 6.89. The fraction of sp³-hybridized carbons (Fsp3) is 0.533. The molecule has 5 nitrogen and oxygen atoms in total. The predicted octanol–water partition coefficient (Wildman–Crippen LogP) is 1.59. The van der Waals surface area contributed by atoms with E-state index in [9.17, 15) is 9.90 Å². The highest BCUT2D eigenvalue weighted by molar-refractivity contribution is 9.10. The Kier molecular flexibility index (Phi) is 5.24. The monoisotopic (exact) mass is 356 g/mol. The SMILES string of the molecule is COc1cc(Br)ccc1C(=O)N1CC(O)CC1CN(C)C. The number of aliphatic hydroxyl groups excluding tert-OH is 1. The van der Waals surface area contributed by atoms with Crippen LogP contribution in [0.4, 0.5) is 0 Å². The predicted molar refractivity (Wildman–Crippen MR) is 84.7 cm³/mol. The topological polar surface area (TPSA) is 53.0 Å². The third-order valence-corrected chi connectivity index (χ3v) is 4.12. The summed E-state index contributed by atoms with van der Waals surface area (Å²) in [5.74, 6) is 0.446. The number of ether oxygens (including phenoxy) is 1. The Hall–Kier alpha value is -1.11. The number of hydrogen-bond acceptors (Lipinski definition) is 4. The zero-order valence-electron chi connectivity index (χ0n) is 12.5. The zero-order valence-corrected chi connectivity index (χ0v) is 14.1. The molecule has 0 aromatic heterocycles. The summed E-state index contributed by atoms with van der Waals surface area (Å²) in [6, 6.07) is 5.38. The molecule has 1 saturated heterocycles. The van der Waals surface area contributed by atoms with Gasteiger partial charge in [-0.1, -0.05) is 15.9 Å². The maximum atomic E-state index is 12.8. The number of benzene rings is 1. The third-order valence-electron chi connectivity index (χ3n) is 3.62. The first kappa shape index (κ1) is 16.3. The molecule has 21 heavy (non-hydrogen) atoms. The molecule has 2 unspecified atom stereocenters. The van der Waals surface area contributed by atoms with Gasteiger partial charge >= 0.3 is 0 Å². The fourth-order valence-electron chi connectivity index (χ4n) is 2.73. The van der Waals surface area contributed by atoms with Crippen LogP contribution in [0.15, 0.2) is 22.7 Å². The normalized spacial score (nSPS) is 21.9. The van der Waals surface area contributed by atoms with Crippen LogP contribution in [0.1, 0.15) is 16.8 Å². The number of methoxy groups -OCH3 is 1. The fourth-order valence-corrected chi connectivity index (χ4v) is 3.07. The lowest BCUT2D eigenvalue weighted by molar-refractivity contribution is 0.0696. The van der Waals surface area contributed by atoms with E-state index in [4.69, 9.17) is 4.74 Å². The molecule has 2 atom stereocenters. The van der Waals surface area contributed by atoms with Crippen LogP contribution in [0.25, 0.3) is 0 Å². The van der Waals surface area contributed by atoms with Crippen LogP contribution < -0.4 is 4.74 Å². The van der Waals surface area contributed by atoms with Crippen molar-refractivity contribution in [1.82, 2.24) is 9.80 Å². The highest BCUT2D eigenvalue weighted by Gasteiger charge is 2.35. The molecular weight excluding hydrogens is 336 g/mol. The van der Waals surface area contributed by atoms with Crippen molar-refractivity contribution in [2.24, 2.45) is 0 Å². The smallest absolute Gasteiger partial charge is 0.258 e. The summed E-state index contributed by atoms with van der Waals surface area (Å²) >= 11 is 3.37. The Labute approximate surface area is 133 Å². The second-order valence-corrected chi connectivity index (χ2v) is 6.52. The Morgan fingerprint density at radius 3 is 2.86 bits per heavy atom. The quantitative estimate of drug-likeness (QED) is 0.890. The van der Waals surface area contributed by atoms with Gasteiger partial charge < -0.3 is 19.6 Å². The Morgan fingerprint density at radius 2 is 2.24 bits per heavy atom. The minimum atomic E-state index is -0.458. The highest BCUT2D eigenvalue weighted by Crippen LogP contribution is 2.28. The van der Waals surface area contributed by atoms with Gasteiger partial charge in [-0.3, -0.25) is 4.79 Å². The summed E-state index contributed by atoms with van der Waals surface area (Å²) in [7, 11) is 5.48. The first-order valence-corrected chi connectivity index (χ1v) is 7.69. The second kappa shape index (κ2) is 6.77. The van der Waals surface area contributed by atoms with Gasteiger partial charge in [0.15, 0.2) is 0 Å². The van der Waals surface area contributed by atoms with Crippen LogP contribution in [0.2, 0.25) is 0 Å². The van der Waals surface area contributed by atoms with Crippen molar-refractivity contribution in [3.63, 3.8) is 0 Å². The summed E-state index contributed by atoms with van der Waals surface area (Å²) in [6.07, 6.45) is 0.156. The van der Waals surface area contributed by atoms with Crippen LogP contribution in [0.3, 0.4) is 0 Å². The third kappa shape index (κ3) is 3.75. The molecule has 1 aliphatic heterocycles. The number of likely N-dealkylation sites (N-methyl/N-ethyl adjacent to an activating group) is 1. The van der Waals surface area contributed by atoms with Gasteiger partial charge in [0.2, 0.25) is 0 Å². The molecule has 0 saturated carbocycles. The van der Waals surface area contributed by atoms with Crippen LogP contribution in [0, 0.1) is 0 Å². The van der Waals surface area contributed by atoms with Gasteiger partial charge in [-0.2, -0.15) is 0 Å². The summed E-state index contributed by atoms with van der Waals surface area (Å²) < 4.78 is 6.16. The molecule has 1 aromatic rings. The first-order chi connectivity index (χ1) is 9.92. The van der Waals surface area contributed by atoms with Crippen molar-refractivity contribution in [3.8, 4) is 5.75 Å². The van der Waals surface area contributed by atoms with E-state index in [1.807, 2.05) is 25.1 Å². The van der Waals surface area contributed by atoms with Crippen LogP contribution in [0.5, 0.6) is 5.75 Å². The average molecular weight is 357 g/mol. The van der Waals surface area contributed by atoms with Gasteiger partial charge in [-0.05, 0) is 38.7 Å². The van der Waals surface area contributed by atoms with E-state index >= 15 is 0 Å². The standard InChI is InChI=1S/C15H21BrN2O3/c1-17(2)8-11-7-12(19)9-18(11)15(20)13-5-4-10(16)6-14(13)21-3/h4-6,11-12,19H,7-9H2,1-3H3. The maximum absolute atomic E-state index is 12.8. The van der Waals surface area contributed by atoms with Crippen molar-refractivity contribution < 1.29 is 14.6 Å². The van der Waals surface area contributed by atoms with Crippen LogP contribution in [-0.4, -0.2) is 67.3 Å². The van der Waals surface area contributed by atoms with Crippen molar-refractivity contribution >= 4 is 21.8 Å². The Morgan fingerprint density at radius 1 is 1.52 bits per heavy atom. The van der Waals surface area contributed by atoms with E-state index < -0.39 is 6.10 Å². The molecule has 0 aliphatic carbocycles. The number of β-amino-alcohol motifs (C(OH)–C–C–N with tert-alkyl or cyclic N) is 1. The van der Waals surface area contributed by atoms with Crippen molar-refractivity contribution in [2.75, 3.05) is 34.3 Å². The Balaban J connectivity index is 2.25. The van der Waals surface area contributed by atoms with E-state index in [1.54, 1.807) is 24.1 Å². The van der Waals surface area contributed by atoms with Gasteiger partial charge in [-0.15, -0.1) is 0 Å². The minimum absolute atomic E-state index is 0.0239. The molecule has 0 bridgehead atoms. The molecule has 116 valence electrons. The molecule has 1 N–H and O–H groups in total. The number of nitrogens with zero attached hydrogens (tertiary/aromatic N) is 2. The van der Waals surface area contributed by atoms with E-state index in [1.165, 1.54) is 0 Å². The summed E-state index contributed by atoms with van der Waals surface area (Å²) in [6.45, 7) is 1.11. The summed E-state index contributed by atoms with van der Waals surface area (Å²) in [5.41, 5.74) is 0.526. The molecule has 6 heteroatoms. The number of halogens is 1. The maximum Gasteiger partial charge on any atom is 0.258 e. The average Bonchev–Trinajstić information content (AvgIpc) is 2.77. The largest absolute Gasteiger partial charge is 0.496 e. The lowest BCUT2D eigenvalue weighted by atomic mass is 10.1. The molecule has 1 aromatic carbocycles. The Bertz CT molecular complexity index is 522. The summed E-state index contributed by atoms with van der Waals surface area (Å²) in [5, 5.41) is 9.90. The minimum Gasteiger partial charge on any atom is -0.496 e. The number of likely N-dealkylation sites (tertiary alicyclic amines) is 1. The molecule has 1 fully saturated rings. The lowest BCUT2D eigenvalue weighted by Crippen LogP contribution is -2.41. The lowest BCUT2D eigenvalue weighted by Gasteiger charge is -2.27. The van der Waals surface area contributed by atoms with Crippen molar-refractivity contribution in [1.29, 1.82) is 0 Å². The number of carbonyl (C=O) groups excluding carboxylic acids is 1. The van der Waals surface area contributed by atoms with Gasteiger partial charge in [0.05, 0.1) is 18.8 Å². The van der Waals surface area contributed by atoms with E-state index in [0.29, 0.717) is 24.3 Å². The highest BCUT2D eigenvalue weighted by atomic mass is 79.9. The molecule has 1 heterocycles. The van der Waals surface area contributed by atoms with E-state index in [2.05, 4.69) is 15.9 Å². The van der Waals surface area contributed by atoms with Gasteiger partial charge in [-0.25, -0.2) is 0 Å². The van der Waals surface area contributed by atoms with E-state index in [-0.39, 0.29) is 11.9 Å². The van der Waals surface area contributed by atoms with Crippen LogP contribution in [-0.2, 0) is 0 Å². The molecule has 1 amide bonds. The van der Waals surface area contributed by atoms with Gasteiger partial charge in [0, 0.05) is 23.6 Å².